The van der Waals surface area contributed by atoms with Crippen molar-refractivity contribution in [2.45, 2.75) is 4.90 Å². The van der Waals surface area contributed by atoms with Crippen molar-refractivity contribution >= 4 is 36.0 Å². The van der Waals surface area contributed by atoms with Crippen LogP contribution in [0.15, 0.2) is 27.8 Å². The summed E-state index contributed by atoms with van der Waals surface area (Å²) in [6.07, 6.45) is 2.63. The Morgan fingerprint density at radius 3 is 2.50 bits per heavy atom. The third-order valence-electron chi connectivity index (χ3n) is 1.96. The van der Waals surface area contributed by atoms with Crippen LogP contribution >= 0.6 is 15.9 Å². The molecule has 7 nitrogen and oxygen atoms in total. The number of pyridine rings is 1. The van der Waals surface area contributed by atoms with Crippen molar-refractivity contribution in [2.75, 3.05) is 19.3 Å². The highest BCUT2D eigenvalue weighted by atomic mass is 79.9. The minimum atomic E-state index is -3.75. The standard InChI is InChI=1S/C8H12BrN3O4S2/c1-10-17(13,14)3-2-12-18(15,16)8-4-7(9)5-11-6-8/h4-6,10,12H,2-3H2,1H3. The van der Waals surface area contributed by atoms with E-state index < -0.39 is 20.0 Å². The fourth-order valence-electron chi connectivity index (χ4n) is 1.04. The fraction of sp³-hybridized carbons (Fsp3) is 0.375. The lowest BCUT2D eigenvalue weighted by atomic mass is 10.5. The Labute approximate surface area is 114 Å². The van der Waals surface area contributed by atoms with Crippen LogP contribution in [0.4, 0.5) is 0 Å². The summed E-state index contributed by atoms with van der Waals surface area (Å²) in [4.78, 5) is 3.70. The van der Waals surface area contributed by atoms with Crippen LogP contribution in [-0.4, -0.2) is 41.2 Å². The normalized spacial score (nSPS) is 12.6. The van der Waals surface area contributed by atoms with Gasteiger partial charge in [0.05, 0.1) is 5.75 Å². The van der Waals surface area contributed by atoms with Gasteiger partial charge >= 0.3 is 0 Å². The molecule has 0 atom stereocenters. The average molecular weight is 358 g/mol. The van der Waals surface area contributed by atoms with E-state index in [1.807, 2.05) is 0 Å². The molecule has 102 valence electrons. The van der Waals surface area contributed by atoms with Crippen molar-refractivity contribution in [3.05, 3.63) is 22.9 Å². The number of hydrogen-bond acceptors (Lipinski definition) is 5. The van der Waals surface area contributed by atoms with Gasteiger partial charge in [-0.2, -0.15) is 0 Å². The lowest BCUT2D eigenvalue weighted by Crippen LogP contribution is -2.33. The van der Waals surface area contributed by atoms with Gasteiger partial charge in [0.15, 0.2) is 0 Å². The van der Waals surface area contributed by atoms with E-state index in [0.29, 0.717) is 4.47 Å². The number of rotatable bonds is 6. The second-order valence-corrected chi connectivity index (χ2v) is 7.99. The number of nitrogens with one attached hydrogen (secondary N) is 2. The zero-order valence-electron chi connectivity index (χ0n) is 9.42. The maximum absolute atomic E-state index is 11.8. The Morgan fingerprint density at radius 2 is 1.94 bits per heavy atom. The highest BCUT2D eigenvalue weighted by Gasteiger charge is 2.16. The first-order valence-electron chi connectivity index (χ1n) is 4.78. The highest BCUT2D eigenvalue weighted by Crippen LogP contribution is 2.13. The van der Waals surface area contributed by atoms with Crippen LogP contribution in [0.25, 0.3) is 0 Å². The van der Waals surface area contributed by atoms with Crippen molar-refractivity contribution < 1.29 is 16.8 Å². The molecular weight excluding hydrogens is 346 g/mol. The predicted octanol–water partition coefficient (Wildman–Crippen LogP) is -0.328. The zero-order chi connectivity index (χ0) is 13.8. The summed E-state index contributed by atoms with van der Waals surface area (Å²) in [5.74, 6) is -0.329. The van der Waals surface area contributed by atoms with E-state index in [-0.39, 0.29) is 17.2 Å². The van der Waals surface area contributed by atoms with Crippen molar-refractivity contribution in [1.82, 2.24) is 14.4 Å². The molecule has 18 heavy (non-hydrogen) atoms. The largest absolute Gasteiger partial charge is 0.262 e. The van der Waals surface area contributed by atoms with E-state index in [1.54, 1.807) is 0 Å². The number of hydrogen-bond donors (Lipinski definition) is 2. The first-order chi connectivity index (χ1) is 8.27. The van der Waals surface area contributed by atoms with Gasteiger partial charge in [-0.25, -0.2) is 26.3 Å². The Kier molecular flexibility index (Phi) is 5.22. The van der Waals surface area contributed by atoms with E-state index >= 15 is 0 Å². The number of nitrogens with zero attached hydrogens (tertiary/aromatic N) is 1. The summed E-state index contributed by atoms with van der Waals surface area (Å²) in [6.45, 7) is -0.210. The van der Waals surface area contributed by atoms with E-state index in [1.165, 1.54) is 25.5 Å². The van der Waals surface area contributed by atoms with Gasteiger partial charge in [-0.05, 0) is 29.0 Å². The molecule has 1 aromatic heterocycles. The van der Waals surface area contributed by atoms with E-state index in [9.17, 15) is 16.8 Å². The molecule has 1 heterocycles. The number of halogens is 1. The molecule has 0 aliphatic rings. The second-order valence-electron chi connectivity index (χ2n) is 3.26. The lowest BCUT2D eigenvalue weighted by molar-refractivity contribution is 0.578. The van der Waals surface area contributed by atoms with Crippen LogP contribution in [0.2, 0.25) is 0 Å². The predicted molar refractivity (Wildman–Crippen MR) is 70.0 cm³/mol. The Bertz CT molecular complexity index is 615. The first kappa shape index (κ1) is 15.5. The lowest BCUT2D eigenvalue weighted by Gasteiger charge is -2.06. The topological polar surface area (TPSA) is 105 Å². The molecule has 0 aromatic carbocycles. The van der Waals surface area contributed by atoms with E-state index in [2.05, 4.69) is 30.4 Å². The minimum Gasteiger partial charge on any atom is -0.262 e. The van der Waals surface area contributed by atoms with Gasteiger partial charge in [-0.3, -0.25) is 4.98 Å². The highest BCUT2D eigenvalue weighted by molar-refractivity contribution is 9.10. The van der Waals surface area contributed by atoms with Gasteiger partial charge in [0.2, 0.25) is 20.0 Å². The van der Waals surface area contributed by atoms with Crippen LogP contribution in [0, 0.1) is 0 Å². The maximum Gasteiger partial charge on any atom is 0.242 e. The molecule has 1 rings (SSSR count). The molecule has 0 spiro atoms. The van der Waals surface area contributed by atoms with Crippen LogP contribution in [-0.2, 0) is 20.0 Å². The molecular formula is C8H12BrN3O4S2. The SMILES string of the molecule is CNS(=O)(=O)CCNS(=O)(=O)c1cncc(Br)c1. The average Bonchev–Trinajstić information content (AvgIpc) is 2.28. The summed E-state index contributed by atoms with van der Waals surface area (Å²) in [7, 11) is -5.92. The molecule has 0 saturated carbocycles. The molecule has 1 aromatic rings. The number of sulfonamides is 2. The molecule has 10 heteroatoms. The smallest absolute Gasteiger partial charge is 0.242 e. The fourth-order valence-corrected chi connectivity index (χ4v) is 3.27. The third kappa shape index (κ3) is 4.61. The summed E-state index contributed by atoms with van der Waals surface area (Å²) in [5.41, 5.74) is 0. The summed E-state index contributed by atoms with van der Waals surface area (Å²) < 4.78 is 50.6. The van der Waals surface area contributed by atoms with Crippen molar-refractivity contribution in [2.24, 2.45) is 0 Å². The van der Waals surface area contributed by atoms with Crippen LogP contribution in [0.3, 0.4) is 0 Å². The van der Waals surface area contributed by atoms with Crippen LogP contribution < -0.4 is 9.44 Å². The molecule has 0 aliphatic heterocycles. The zero-order valence-corrected chi connectivity index (χ0v) is 12.6. The van der Waals surface area contributed by atoms with Crippen LogP contribution in [0.5, 0.6) is 0 Å². The van der Waals surface area contributed by atoms with Gasteiger partial charge < -0.3 is 0 Å². The summed E-state index contributed by atoms with van der Waals surface area (Å²) >= 11 is 3.11. The monoisotopic (exact) mass is 357 g/mol. The van der Waals surface area contributed by atoms with Gasteiger partial charge in [0.1, 0.15) is 4.90 Å². The molecule has 0 amide bonds. The van der Waals surface area contributed by atoms with Gasteiger partial charge in [-0.1, -0.05) is 0 Å². The first-order valence-corrected chi connectivity index (χ1v) is 8.71. The molecule has 0 fully saturated rings. The van der Waals surface area contributed by atoms with E-state index in [4.69, 9.17) is 0 Å². The van der Waals surface area contributed by atoms with Crippen molar-refractivity contribution in [3.63, 3.8) is 0 Å². The van der Waals surface area contributed by atoms with Crippen molar-refractivity contribution in [1.29, 1.82) is 0 Å². The molecule has 0 radical (unpaired) electrons. The summed E-state index contributed by atoms with van der Waals surface area (Å²) in [5, 5.41) is 0. The molecule has 0 bridgehead atoms. The van der Waals surface area contributed by atoms with Gasteiger partial charge in [0.25, 0.3) is 0 Å². The number of aromatic nitrogens is 1. The Morgan fingerprint density at radius 1 is 1.28 bits per heavy atom. The Hall–Kier alpha value is -0.550. The molecule has 2 N–H and O–H groups in total. The molecule has 0 unspecified atom stereocenters. The quantitative estimate of drug-likeness (QED) is 0.725. The second kappa shape index (κ2) is 6.06. The van der Waals surface area contributed by atoms with Crippen molar-refractivity contribution in [3.8, 4) is 0 Å². The summed E-state index contributed by atoms with van der Waals surface area (Å²) in [6, 6.07) is 1.38. The van der Waals surface area contributed by atoms with Gasteiger partial charge in [-0.15, -0.1) is 0 Å². The van der Waals surface area contributed by atoms with E-state index in [0.717, 1.165) is 0 Å². The van der Waals surface area contributed by atoms with Gasteiger partial charge in [0, 0.05) is 23.4 Å². The molecule has 0 saturated heterocycles. The Balaban J connectivity index is 2.72. The maximum atomic E-state index is 11.8. The third-order valence-corrected chi connectivity index (χ3v) is 5.19. The van der Waals surface area contributed by atoms with Crippen LogP contribution in [0.1, 0.15) is 0 Å². The molecule has 0 aliphatic carbocycles. The minimum absolute atomic E-state index is 0.0290.